The Kier molecular flexibility index (Phi) is 10.5. The molecule has 1 saturated carbocycles. The number of nitrogens with zero attached hydrogens (tertiary/aromatic N) is 4. The van der Waals surface area contributed by atoms with Crippen molar-refractivity contribution in [2.24, 2.45) is 0 Å². The lowest BCUT2D eigenvalue weighted by molar-refractivity contribution is -0.143. The molecule has 2 N–H and O–H groups in total. The molecule has 0 aromatic heterocycles. The first kappa shape index (κ1) is 35.6. The van der Waals surface area contributed by atoms with Crippen LogP contribution in [0.2, 0.25) is 0 Å². The van der Waals surface area contributed by atoms with Gasteiger partial charge in [0.15, 0.2) is 0 Å². The fraction of sp³-hybridized carbons (Fsp3) is 0.516. The van der Waals surface area contributed by atoms with Gasteiger partial charge in [0.2, 0.25) is 0 Å². The zero-order valence-electron chi connectivity index (χ0n) is 25.9. The number of halogens is 7. The first-order valence-electron chi connectivity index (χ1n) is 15.0. The third kappa shape index (κ3) is 8.19. The average Bonchev–Trinajstić information content (AvgIpc) is 3.46. The summed E-state index contributed by atoms with van der Waals surface area (Å²) in [6, 6.07) is 3.73. The molecule has 0 radical (unpaired) electrons. The summed E-state index contributed by atoms with van der Waals surface area (Å²) in [5.74, 6) is -1.09. The molecule has 4 rings (SSSR count). The van der Waals surface area contributed by atoms with E-state index in [0.29, 0.717) is 54.8 Å². The normalized spacial score (nSPS) is 21.7. The summed E-state index contributed by atoms with van der Waals surface area (Å²) >= 11 is 0. The predicted octanol–water partition coefficient (Wildman–Crippen LogP) is 6.84. The van der Waals surface area contributed by atoms with Crippen LogP contribution in [0, 0.1) is 5.82 Å². The quantitative estimate of drug-likeness (QED) is 0.328. The molecule has 0 unspecified atom stereocenters. The number of anilines is 1. The Hall–Kier alpha value is -4.24. The number of nitrogens with one attached hydrogen (secondary N) is 1. The number of urea groups is 2. The van der Waals surface area contributed by atoms with E-state index >= 15 is 0 Å². The highest BCUT2D eigenvalue weighted by molar-refractivity contribution is 5.92. The number of alkyl halides is 6. The van der Waals surface area contributed by atoms with Crippen LogP contribution >= 0.6 is 0 Å². The molecule has 1 heterocycles. The number of rotatable bonds is 6. The van der Waals surface area contributed by atoms with Gasteiger partial charge < -0.3 is 25.1 Å². The van der Waals surface area contributed by atoms with Crippen LogP contribution in [-0.4, -0.2) is 89.8 Å². The molecule has 9 nitrogen and oxygen atoms in total. The summed E-state index contributed by atoms with van der Waals surface area (Å²) in [6.07, 6.45) is -9.03. The average molecular weight is 676 g/mol. The van der Waals surface area contributed by atoms with Gasteiger partial charge in [-0.1, -0.05) is 12.1 Å². The number of carbonyl (C=O) groups excluding carboxylic acids is 2. The SMILES string of the molecule is CCN(C(=O)O)[C@H]1CC[C@H](NC(=O)N2C[C@@H](N(C)C(=O)N(C)c3cc(C(F)(F)F)cc(C(F)(F)F)c3)[C@H](c3ccc(F)cc3)C2)CC1. The Morgan fingerprint density at radius 1 is 0.894 bits per heavy atom. The van der Waals surface area contributed by atoms with E-state index in [1.54, 1.807) is 6.92 Å². The van der Waals surface area contributed by atoms with E-state index < -0.39 is 65.1 Å². The van der Waals surface area contributed by atoms with Crippen molar-refractivity contribution in [2.75, 3.05) is 38.6 Å². The van der Waals surface area contributed by atoms with E-state index in [1.165, 1.54) is 41.1 Å². The van der Waals surface area contributed by atoms with Gasteiger partial charge in [-0.3, -0.25) is 4.90 Å². The van der Waals surface area contributed by atoms with Crippen molar-refractivity contribution < 1.29 is 50.2 Å². The maximum absolute atomic E-state index is 13.8. The highest BCUT2D eigenvalue weighted by Crippen LogP contribution is 2.39. The van der Waals surface area contributed by atoms with Crippen molar-refractivity contribution in [3.05, 3.63) is 65.0 Å². The van der Waals surface area contributed by atoms with Crippen molar-refractivity contribution in [1.82, 2.24) is 20.0 Å². The standard InChI is InChI=1S/C31H36F7N5O4/c1-4-43(29(46)47)23-11-9-22(10-12-23)39-27(44)42-16-25(18-5-7-21(32)8-6-18)26(17-42)41(3)28(45)40(2)24-14-19(30(33,34)35)13-20(15-24)31(36,37)38/h5-8,13-15,22-23,25-26H,4,9-12,16-17H2,1-3H3,(H,39,44)(H,46,47)/t22-,23-,25-,26+/m0/s1. The number of hydrogen-bond acceptors (Lipinski definition) is 3. The Morgan fingerprint density at radius 3 is 1.94 bits per heavy atom. The Bertz CT molecular complexity index is 1410. The van der Waals surface area contributed by atoms with Crippen LogP contribution in [-0.2, 0) is 12.4 Å². The summed E-state index contributed by atoms with van der Waals surface area (Å²) in [7, 11) is 2.39. The van der Waals surface area contributed by atoms with Gasteiger partial charge in [-0.05, 0) is 68.5 Å². The lowest BCUT2D eigenvalue weighted by Crippen LogP contribution is -2.50. The molecule has 5 amide bonds. The molecule has 2 aliphatic rings. The van der Waals surface area contributed by atoms with Crippen molar-refractivity contribution in [3.8, 4) is 0 Å². The minimum atomic E-state index is -5.11. The Balaban J connectivity index is 1.53. The van der Waals surface area contributed by atoms with Crippen molar-refractivity contribution in [3.63, 3.8) is 0 Å². The second-order valence-electron chi connectivity index (χ2n) is 11.9. The smallest absolute Gasteiger partial charge is 0.416 e. The molecule has 2 atom stereocenters. The summed E-state index contributed by atoms with van der Waals surface area (Å²) in [6.45, 7) is 2.15. The Morgan fingerprint density at radius 2 is 1.45 bits per heavy atom. The largest absolute Gasteiger partial charge is 0.465 e. The van der Waals surface area contributed by atoms with Gasteiger partial charge in [-0.15, -0.1) is 0 Å². The topological polar surface area (TPSA) is 96.4 Å². The van der Waals surface area contributed by atoms with Crippen molar-refractivity contribution >= 4 is 23.8 Å². The molecule has 47 heavy (non-hydrogen) atoms. The number of carboxylic acid groups (broad SMARTS) is 1. The zero-order valence-corrected chi connectivity index (χ0v) is 25.9. The van der Waals surface area contributed by atoms with E-state index in [2.05, 4.69) is 5.32 Å². The molecule has 0 bridgehead atoms. The van der Waals surface area contributed by atoms with E-state index in [4.69, 9.17) is 0 Å². The van der Waals surface area contributed by atoms with Crippen LogP contribution in [0.15, 0.2) is 42.5 Å². The molecule has 1 aliphatic heterocycles. The number of hydrogen-bond donors (Lipinski definition) is 2. The van der Waals surface area contributed by atoms with Gasteiger partial charge >= 0.3 is 30.5 Å². The third-order valence-electron chi connectivity index (χ3n) is 8.97. The number of carbonyl (C=O) groups is 3. The lowest BCUT2D eigenvalue weighted by atomic mass is 9.90. The lowest BCUT2D eigenvalue weighted by Gasteiger charge is -2.35. The van der Waals surface area contributed by atoms with Crippen molar-refractivity contribution in [2.45, 2.75) is 69.0 Å². The number of benzene rings is 2. The fourth-order valence-corrected chi connectivity index (χ4v) is 6.35. The van der Waals surface area contributed by atoms with Crippen LogP contribution in [0.25, 0.3) is 0 Å². The molecular weight excluding hydrogens is 639 g/mol. The minimum absolute atomic E-state index is 0.0258. The molecular formula is C31H36F7N5O4. The first-order chi connectivity index (χ1) is 21.9. The van der Waals surface area contributed by atoms with Gasteiger partial charge in [0, 0.05) is 57.4 Å². The molecule has 2 fully saturated rings. The molecule has 1 aliphatic carbocycles. The maximum Gasteiger partial charge on any atom is 0.416 e. The number of likely N-dealkylation sites (N-methyl/N-ethyl adjacent to an activating group) is 1. The molecule has 2 aromatic rings. The molecule has 1 saturated heterocycles. The Labute approximate surface area is 266 Å². The van der Waals surface area contributed by atoms with E-state index in [0.717, 1.165) is 11.9 Å². The maximum atomic E-state index is 13.8. The molecule has 2 aromatic carbocycles. The van der Waals surface area contributed by atoms with Crippen LogP contribution in [0.3, 0.4) is 0 Å². The van der Waals surface area contributed by atoms with Crippen LogP contribution in [0.1, 0.15) is 55.2 Å². The summed E-state index contributed by atoms with van der Waals surface area (Å²) in [4.78, 5) is 43.2. The summed E-state index contributed by atoms with van der Waals surface area (Å²) in [5.41, 5.74) is -3.20. The van der Waals surface area contributed by atoms with E-state index in [9.17, 15) is 50.2 Å². The number of likely N-dealkylation sites (tertiary alicyclic amines) is 1. The van der Waals surface area contributed by atoms with E-state index in [1.807, 2.05) is 0 Å². The summed E-state index contributed by atoms with van der Waals surface area (Å²) in [5, 5.41) is 12.4. The molecule has 0 spiro atoms. The second kappa shape index (κ2) is 13.9. The molecule has 16 heteroatoms. The number of amides is 5. The van der Waals surface area contributed by atoms with Crippen LogP contribution in [0.4, 0.5) is 50.8 Å². The predicted molar refractivity (Wildman–Crippen MR) is 157 cm³/mol. The van der Waals surface area contributed by atoms with Gasteiger partial charge in [-0.2, -0.15) is 26.3 Å². The first-order valence-corrected chi connectivity index (χ1v) is 15.0. The van der Waals surface area contributed by atoms with Crippen LogP contribution in [0.5, 0.6) is 0 Å². The van der Waals surface area contributed by atoms with E-state index in [-0.39, 0.29) is 31.2 Å². The van der Waals surface area contributed by atoms with Gasteiger partial charge in [0.25, 0.3) is 0 Å². The second-order valence-corrected chi connectivity index (χ2v) is 11.9. The third-order valence-corrected chi connectivity index (χ3v) is 8.97. The van der Waals surface area contributed by atoms with Crippen LogP contribution < -0.4 is 10.2 Å². The van der Waals surface area contributed by atoms with Gasteiger partial charge in [0.05, 0.1) is 17.2 Å². The zero-order chi connectivity index (χ0) is 34.8. The van der Waals surface area contributed by atoms with Gasteiger partial charge in [-0.25, -0.2) is 18.8 Å². The monoisotopic (exact) mass is 675 g/mol. The summed E-state index contributed by atoms with van der Waals surface area (Å²) < 4.78 is 94.7. The van der Waals surface area contributed by atoms with Crippen molar-refractivity contribution in [1.29, 1.82) is 0 Å². The van der Waals surface area contributed by atoms with Gasteiger partial charge in [0.1, 0.15) is 5.82 Å². The molecule has 258 valence electrons. The highest BCUT2D eigenvalue weighted by atomic mass is 19.4. The highest BCUT2D eigenvalue weighted by Gasteiger charge is 2.42. The minimum Gasteiger partial charge on any atom is -0.465 e. The fourth-order valence-electron chi connectivity index (χ4n) is 6.35.